The minimum absolute atomic E-state index is 0.122. The summed E-state index contributed by atoms with van der Waals surface area (Å²) in [6, 6.07) is 11.9. The summed E-state index contributed by atoms with van der Waals surface area (Å²) < 4.78 is 19.4. The lowest BCUT2D eigenvalue weighted by atomic mass is 9.99. The van der Waals surface area contributed by atoms with E-state index in [9.17, 15) is 9.18 Å². The van der Waals surface area contributed by atoms with Crippen LogP contribution in [0.5, 0.6) is 11.5 Å². The van der Waals surface area contributed by atoms with Gasteiger partial charge in [-0.25, -0.2) is 4.39 Å². The lowest BCUT2D eigenvalue weighted by Crippen LogP contribution is -1.96. The highest BCUT2D eigenvalue weighted by Crippen LogP contribution is 2.27. The van der Waals surface area contributed by atoms with Gasteiger partial charge in [0.1, 0.15) is 5.75 Å². The van der Waals surface area contributed by atoms with E-state index >= 15 is 0 Å². The van der Waals surface area contributed by atoms with E-state index in [1.807, 2.05) is 24.3 Å². The van der Waals surface area contributed by atoms with Crippen LogP contribution in [0.25, 0.3) is 0 Å². The summed E-state index contributed by atoms with van der Waals surface area (Å²) in [5.41, 5.74) is 1.57. The number of halogens is 1. The fourth-order valence-corrected chi connectivity index (χ4v) is 2.03. The molecular formula is C18H19FO2. The van der Waals surface area contributed by atoms with Crippen LogP contribution in [0.2, 0.25) is 0 Å². The molecule has 0 amide bonds. The third kappa shape index (κ3) is 3.69. The van der Waals surface area contributed by atoms with Gasteiger partial charge in [0.2, 0.25) is 0 Å². The van der Waals surface area contributed by atoms with Crippen LogP contribution in [0.4, 0.5) is 4.39 Å². The summed E-state index contributed by atoms with van der Waals surface area (Å²) in [5, 5.41) is 0. The smallest absolute Gasteiger partial charge is 0.166 e. The molecule has 0 aliphatic carbocycles. The van der Waals surface area contributed by atoms with E-state index in [1.165, 1.54) is 24.6 Å². The molecule has 0 spiro atoms. The summed E-state index contributed by atoms with van der Waals surface area (Å²) in [6.07, 6.45) is 1.07. The first kappa shape index (κ1) is 15.2. The minimum Gasteiger partial charge on any atom is -0.454 e. The standard InChI is InChI=1S/C18H19FO2/c1-4-12(2)14-5-8-16(9-6-14)21-18-10-7-15(13(3)20)11-17(18)19/h5-12H,4H2,1-3H3. The summed E-state index contributed by atoms with van der Waals surface area (Å²) in [7, 11) is 0. The number of ether oxygens (including phenoxy) is 1. The van der Waals surface area contributed by atoms with Crippen LogP contribution in [-0.4, -0.2) is 5.78 Å². The van der Waals surface area contributed by atoms with Crippen LogP contribution < -0.4 is 4.74 Å². The summed E-state index contributed by atoms with van der Waals surface area (Å²) in [5.74, 6) is 0.491. The summed E-state index contributed by atoms with van der Waals surface area (Å²) in [4.78, 5) is 11.2. The number of carbonyl (C=O) groups excluding carboxylic acids is 1. The molecule has 21 heavy (non-hydrogen) atoms. The fourth-order valence-electron chi connectivity index (χ4n) is 2.03. The van der Waals surface area contributed by atoms with Crippen molar-refractivity contribution in [2.24, 2.45) is 0 Å². The number of hydrogen-bond acceptors (Lipinski definition) is 2. The van der Waals surface area contributed by atoms with Crippen molar-refractivity contribution in [3.63, 3.8) is 0 Å². The van der Waals surface area contributed by atoms with Crippen molar-refractivity contribution in [2.75, 3.05) is 0 Å². The van der Waals surface area contributed by atoms with Crippen LogP contribution in [0.15, 0.2) is 42.5 Å². The topological polar surface area (TPSA) is 26.3 Å². The van der Waals surface area contributed by atoms with Gasteiger partial charge in [0.05, 0.1) is 0 Å². The maximum atomic E-state index is 13.9. The van der Waals surface area contributed by atoms with Crippen LogP contribution >= 0.6 is 0 Å². The molecule has 1 unspecified atom stereocenters. The van der Waals surface area contributed by atoms with Crippen molar-refractivity contribution in [3.05, 3.63) is 59.4 Å². The van der Waals surface area contributed by atoms with Crippen LogP contribution in [0.3, 0.4) is 0 Å². The van der Waals surface area contributed by atoms with E-state index in [2.05, 4.69) is 13.8 Å². The van der Waals surface area contributed by atoms with Crippen molar-refractivity contribution in [1.29, 1.82) is 0 Å². The van der Waals surface area contributed by atoms with Crippen molar-refractivity contribution >= 4 is 5.78 Å². The lowest BCUT2D eigenvalue weighted by molar-refractivity contribution is 0.101. The molecule has 0 saturated heterocycles. The van der Waals surface area contributed by atoms with E-state index in [4.69, 9.17) is 4.74 Å². The van der Waals surface area contributed by atoms with Gasteiger partial charge >= 0.3 is 0 Å². The highest BCUT2D eigenvalue weighted by Gasteiger charge is 2.09. The van der Waals surface area contributed by atoms with Crippen molar-refractivity contribution in [1.82, 2.24) is 0 Å². The number of hydrogen-bond donors (Lipinski definition) is 0. The van der Waals surface area contributed by atoms with Gasteiger partial charge < -0.3 is 4.74 Å². The first-order chi connectivity index (χ1) is 10.0. The van der Waals surface area contributed by atoms with Gasteiger partial charge in [0.15, 0.2) is 17.3 Å². The van der Waals surface area contributed by atoms with Gasteiger partial charge in [-0.15, -0.1) is 0 Å². The van der Waals surface area contributed by atoms with Gasteiger partial charge in [-0.2, -0.15) is 0 Å². The Morgan fingerprint density at radius 1 is 1.19 bits per heavy atom. The zero-order valence-corrected chi connectivity index (χ0v) is 12.5. The molecule has 110 valence electrons. The van der Waals surface area contributed by atoms with E-state index in [1.54, 1.807) is 6.07 Å². The fraction of sp³-hybridized carbons (Fsp3) is 0.278. The summed E-state index contributed by atoms with van der Waals surface area (Å²) >= 11 is 0. The van der Waals surface area contributed by atoms with Gasteiger partial charge in [0, 0.05) is 5.56 Å². The molecule has 0 N–H and O–H groups in total. The molecule has 2 aromatic rings. The molecule has 0 radical (unpaired) electrons. The van der Waals surface area contributed by atoms with Crippen LogP contribution in [0.1, 0.15) is 49.0 Å². The molecule has 0 heterocycles. The van der Waals surface area contributed by atoms with E-state index in [0.29, 0.717) is 17.2 Å². The van der Waals surface area contributed by atoms with Gasteiger partial charge in [-0.3, -0.25) is 4.79 Å². The van der Waals surface area contributed by atoms with E-state index < -0.39 is 5.82 Å². The summed E-state index contributed by atoms with van der Waals surface area (Å²) in [6.45, 7) is 5.71. The molecule has 1 atom stereocenters. The Morgan fingerprint density at radius 3 is 2.38 bits per heavy atom. The Bertz CT molecular complexity index is 632. The van der Waals surface area contributed by atoms with Crippen LogP contribution in [-0.2, 0) is 0 Å². The molecule has 0 fully saturated rings. The molecule has 0 bridgehead atoms. The molecule has 3 heteroatoms. The van der Waals surface area contributed by atoms with Crippen molar-refractivity contribution in [3.8, 4) is 11.5 Å². The highest BCUT2D eigenvalue weighted by atomic mass is 19.1. The first-order valence-electron chi connectivity index (χ1n) is 7.09. The largest absolute Gasteiger partial charge is 0.454 e. The predicted octanol–water partition coefficient (Wildman–Crippen LogP) is 5.33. The Kier molecular flexibility index (Phi) is 4.73. The lowest BCUT2D eigenvalue weighted by Gasteiger charge is -2.11. The SMILES string of the molecule is CCC(C)c1ccc(Oc2ccc(C(C)=O)cc2F)cc1. The van der Waals surface area contributed by atoms with E-state index in [-0.39, 0.29) is 11.5 Å². The number of rotatable bonds is 5. The Morgan fingerprint density at radius 2 is 1.86 bits per heavy atom. The Balaban J connectivity index is 2.16. The van der Waals surface area contributed by atoms with Crippen LogP contribution in [0, 0.1) is 5.82 Å². The molecule has 0 aliphatic rings. The Labute approximate surface area is 124 Å². The molecule has 0 saturated carbocycles. The number of carbonyl (C=O) groups is 1. The zero-order valence-electron chi connectivity index (χ0n) is 12.5. The third-order valence-corrected chi connectivity index (χ3v) is 3.63. The molecule has 0 aliphatic heterocycles. The van der Waals surface area contributed by atoms with Crippen molar-refractivity contribution in [2.45, 2.75) is 33.1 Å². The average Bonchev–Trinajstić information content (AvgIpc) is 2.49. The molecular weight excluding hydrogens is 267 g/mol. The quantitative estimate of drug-likeness (QED) is 0.694. The van der Waals surface area contributed by atoms with Gasteiger partial charge in [0.25, 0.3) is 0 Å². The highest BCUT2D eigenvalue weighted by molar-refractivity contribution is 5.94. The normalized spacial score (nSPS) is 12.0. The maximum absolute atomic E-state index is 13.9. The number of Topliss-reactive ketones (excluding diaryl/α,β-unsaturated/α-hetero) is 1. The molecule has 2 nitrogen and oxygen atoms in total. The zero-order chi connectivity index (χ0) is 15.4. The number of ketones is 1. The monoisotopic (exact) mass is 286 g/mol. The van der Waals surface area contributed by atoms with Gasteiger partial charge in [-0.05, 0) is 55.2 Å². The minimum atomic E-state index is -0.534. The second-order valence-electron chi connectivity index (χ2n) is 5.18. The second kappa shape index (κ2) is 6.53. The second-order valence-corrected chi connectivity index (χ2v) is 5.18. The average molecular weight is 286 g/mol. The number of benzene rings is 2. The van der Waals surface area contributed by atoms with E-state index in [0.717, 1.165) is 6.42 Å². The Hall–Kier alpha value is -2.16. The molecule has 2 aromatic carbocycles. The van der Waals surface area contributed by atoms with Crippen molar-refractivity contribution < 1.29 is 13.9 Å². The molecule has 2 rings (SSSR count). The first-order valence-corrected chi connectivity index (χ1v) is 7.09. The molecule has 0 aromatic heterocycles. The maximum Gasteiger partial charge on any atom is 0.166 e. The third-order valence-electron chi connectivity index (χ3n) is 3.63. The van der Waals surface area contributed by atoms with Gasteiger partial charge in [-0.1, -0.05) is 26.0 Å². The predicted molar refractivity (Wildman–Crippen MR) is 81.6 cm³/mol.